The average Bonchev–Trinajstić information content (AvgIpc) is 2.53. The number of aliphatic hydroxyl groups is 1. The van der Waals surface area contributed by atoms with Crippen LogP contribution in [0.25, 0.3) is 0 Å². The molecule has 100 valence electrons. The van der Waals surface area contributed by atoms with E-state index in [1.165, 1.54) is 32.1 Å². The first-order chi connectivity index (χ1) is 8.62. The molecule has 1 N–H and O–H groups in total. The Kier molecular flexibility index (Phi) is 3.09. The van der Waals surface area contributed by atoms with Crippen LogP contribution in [0.4, 0.5) is 0 Å². The summed E-state index contributed by atoms with van der Waals surface area (Å²) in [5.41, 5.74) is 0.835. The molecule has 0 amide bonds. The second kappa shape index (κ2) is 4.48. The van der Waals surface area contributed by atoms with Gasteiger partial charge in [0.15, 0.2) is 5.78 Å². The van der Waals surface area contributed by atoms with Crippen LogP contribution < -0.4 is 0 Å². The monoisotopic (exact) mass is 248 g/mol. The SMILES string of the molecule is O=C1C=C(C2(O)CC3(CCCCC3)C2)CCCC1. The topological polar surface area (TPSA) is 37.3 Å². The van der Waals surface area contributed by atoms with Crippen molar-refractivity contribution >= 4 is 5.78 Å². The van der Waals surface area contributed by atoms with Crippen molar-refractivity contribution in [3.8, 4) is 0 Å². The lowest BCUT2D eigenvalue weighted by molar-refractivity contribution is -0.121. The molecule has 2 nitrogen and oxygen atoms in total. The minimum atomic E-state index is -0.628. The van der Waals surface area contributed by atoms with Crippen LogP contribution >= 0.6 is 0 Å². The van der Waals surface area contributed by atoms with Crippen LogP contribution in [0, 0.1) is 5.41 Å². The number of allylic oxidation sites excluding steroid dienone is 1. The largest absolute Gasteiger partial charge is 0.385 e. The number of hydrogen-bond donors (Lipinski definition) is 1. The Morgan fingerprint density at radius 3 is 2.33 bits per heavy atom. The molecular formula is C16H24O2. The van der Waals surface area contributed by atoms with Crippen molar-refractivity contribution in [1.82, 2.24) is 0 Å². The zero-order valence-corrected chi connectivity index (χ0v) is 11.2. The van der Waals surface area contributed by atoms with E-state index < -0.39 is 5.60 Å². The Morgan fingerprint density at radius 2 is 1.61 bits per heavy atom. The lowest BCUT2D eigenvalue weighted by atomic mass is 9.51. The summed E-state index contributed by atoms with van der Waals surface area (Å²) in [6, 6.07) is 0. The number of ketones is 1. The Balaban J connectivity index is 1.71. The van der Waals surface area contributed by atoms with Crippen molar-refractivity contribution in [2.45, 2.75) is 76.2 Å². The van der Waals surface area contributed by atoms with Gasteiger partial charge in [-0.1, -0.05) is 19.3 Å². The van der Waals surface area contributed by atoms with Crippen LogP contribution in [0.2, 0.25) is 0 Å². The summed E-state index contributed by atoms with van der Waals surface area (Å²) in [4.78, 5) is 11.7. The molecule has 0 unspecified atom stereocenters. The Labute approximate surface area is 109 Å². The highest BCUT2D eigenvalue weighted by atomic mass is 16.3. The van der Waals surface area contributed by atoms with E-state index in [0.29, 0.717) is 11.8 Å². The maximum Gasteiger partial charge on any atom is 0.155 e. The third kappa shape index (κ3) is 2.16. The quantitative estimate of drug-likeness (QED) is 0.770. The molecule has 0 saturated heterocycles. The van der Waals surface area contributed by atoms with E-state index in [2.05, 4.69) is 0 Å². The minimum Gasteiger partial charge on any atom is -0.385 e. The summed E-state index contributed by atoms with van der Waals surface area (Å²) in [6.07, 6.45) is 13.8. The Hall–Kier alpha value is -0.630. The van der Waals surface area contributed by atoms with E-state index in [9.17, 15) is 9.90 Å². The van der Waals surface area contributed by atoms with Crippen molar-refractivity contribution < 1.29 is 9.90 Å². The molecule has 3 aliphatic carbocycles. The van der Waals surface area contributed by atoms with Gasteiger partial charge in [0, 0.05) is 6.42 Å². The van der Waals surface area contributed by atoms with E-state index in [-0.39, 0.29) is 5.78 Å². The number of hydrogen-bond acceptors (Lipinski definition) is 2. The molecule has 18 heavy (non-hydrogen) atoms. The fourth-order valence-corrected chi connectivity index (χ4v) is 4.39. The van der Waals surface area contributed by atoms with Gasteiger partial charge in [-0.25, -0.2) is 0 Å². The van der Waals surface area contributed by atoms with Crippen LogP contribution in [-0.4, -0.2) is 16.5 Å². The van der Waals surface area contributed by atoms with Crippen LogP contribution in [0.5, 0.6) is 0 Å². The van der Waals surface area contributed by atoms with E-state index in [1.807, 2.05) is 0 Å². The van der Waals surface area contributed by atoms with Gasteiger partial charge in [-0.05, 0) is 62.0 Å². The first-order valence-corrected chi connectivity index (χ1v) is 7.58. The molecule has 0 heterocycles. The molecule has 2 heteroatoms. The molecule has 1 spiro atoms. The van der Waals surface area contributed by atoms with Gasteiger partial charge < -0.3 is 5.11 Å². The fraction of sp³-hybridized carbons (Fsp3) is 0.812. The fourth-order valence-electron chi connectivity index (χ4n) is 4.39. The summed E-state index contributed by atoms with van der Waals surface area (Å²) in [5.74, 6) is 0.223. The summed E-state index contributed by atoms with van der Waals surface area (Å²) < 4.78 is 0. The van der Waals surface area contributed by atoms with Gasteiger partial charge >= 0.3 is 0 Å². The van der Waals surface area contributed by atoms with Gasteiger partial charge in [0.1, 0.15) is 0 Å². The molecule has 0 bridgehead atoms. The van der Waals surface area contributed by atoms with Crippen molar-refractivity contribution in [3.05, 3.63) is 11.6 Å². The molecule has 0 aliphatic heterocycles. The van der Waals surface area contributed by atoms with E-state index >= 15 is 0 Å². The number of carbonyl (C=O) groups excluding carboxylic acids is 1. The zero-order valence-electron chi connectivity index (χ0n) is 11.2. The van der Waals surface area contributed by atoms with Crippen LogP contribution in [0.1, 0.15) is 70.6 Å². The van der Waals surface area contributed by atoms with E-state index in [4.69, 9.17) is 0 Å². The standard InChI is InChI=1S/C16H24O2/c17-14-7-3-2-6-13(10-14)16(18)11-15(12-16)8-4-1-5-9-15/h10,18H,1-9,11-12H2. The summed E-state index contributed by atoms with van der Waals surface area (Å²) in [7, 11) is 0. The third-order valence-electron chi connectivity index (χ3n) is 5.30. The number of carbonyl (C=O) groups is 1. The molecule has 0 aromatic carbocycles. The van der Waals surface area contributed by atoms with Crippen molar-refractivity contribution in [2.24, 2.45) is 5.41 Å². The van der Waals surface area contributed by atoms with Crippen molar-refractivity contribution in [1.29, 1.82) is 0 Å². The Bertz CT molecular complexity index is 367. The lowest BCUT2D eigenvalue weighted by Gasteiger charge is -2.56. The molecule has 0 aromatic rings. The third-order valence-corrected chi connectivity index (χ3v) is 5.30. The summed E-state index contributed by atoms with van der Waals surface area (Å²) >= 11 is 0. The van der Waals surface area contributed by atoms with Crippen LogP contribution in [-0.2, 0) is 4.79 Å². The van der Waals surface area contributed by atoms with Gasteiger partial charge in [-0.15, -0.1) is 0 Å². The highest BCUT2D eigenvalue weighted by Crippen LogP contribution is 2.59. The van der Waals surface area contributed by atoms with E-state index in [1.54, 1.807) is 6.08 Å². The highest BCUT2D eigenvalue weighted by molar-refractivity contribution is 5.90. The van der Waals surface area contributed by atoms with Gasteiger partial charge in [0.2, 0.25) is 0 Å². The number of rotatable bonds is 1. The first kappa shape index (κ1) is 12.4. The normalized spacial score (nSPS) is 30.5. The minimum absolute atomic E-state index is 0.223. The van der Waals surface area contributed by atoms with Crippen molar-refractivity contribution in [3.63, 3.8) is 0 Å². The molecule has 0 radical (unpaired) electrons. The van der Waals surface area contributed by atoms with E-state index in [0.717, 1.165) is 37.7 Å². The van der Waals surface area contributed by atoms with Gasteiger partial charge in [0.25, 0.3) is 0 Å². The molecule has 3 aliphatic rings. The molecule has 2 saturated carbocycles. The summed E-state index contributed by atoms with van der Waals surface area (Å²) in [6.45, 7) is 0. The van der Waals surface area contributed by atoms with Gasteiger partial charge in [-0.2, -0.15) is 0 Å². The maximum absolute atomic E-state index is 11.7. The van der Waals surface area contributed by atoms with Gasteiger partial charge in [-0.3, -0.25) is 4.79 Å². The second-order valence-electron chi connectivity index (χ2n) is 6.79. The Morgan fingerprint density at radius 1 is 0.944 bits per heavy atom. The predicted octanol–water partition coefficient (Wildman–Crippen LogP) is 3.53. The molecule has 2 fully saturated rings. The second-order valence-corrected chi connectivity index (χ2v) is 6.79. The average molecular weight is 248 g/mol. The molecular weight excluding hydrogens is 224 g/mol. The molecule has 0 aromatic heterocycles. The first-order valence-electron chi connectivity index (χ1n) is 7.58. The lowest BCUT2D eigenvalue weighted by Crippen LogP contribution is -2.53. The van der Waals surface area contributed by atoms with Crippen LogP contribution in [0.15, 0.2) is 11.6 Å². The smallest absolute Gasteiger partial charge is 0.155 e. The maximum atomic E-state index is 11.7. The molecule has 3 rings (SSSR count). The predicted molar refractivity (Wildman–Crippen MR) is 71.3 cm³/mol. The van der Waals surface area contributed by atoms with Gasteiger partial charge in [0.05, 0.1) is 5.60 Å². The highest BCUT2D eigenvalue weighted by Gasteiger charge is 2.54. The summed E-state index contributed by atoms with van der Waals surface area (Å²) in [5, 5.41) is 10.8. The molecule has 0 atom stereocenters. The van der Waals surface area contributed by atoms with Crippen molar-refractivity contribution in [2.75, 3.05) is 0 Å². The zero-order chi connectivity index (χ0) is 12.6. The van der Waals surface area contributed by atoms with Crippen LogP contribution in [0.3, 0.4) is 0 Å².